The van der Waals surface area contributed by atoms with E-state index in [1.807, 2.05) is 18.2 Å². The molecule has 6 nitrogen and oxygen atoms in total. The van der Waals surface area contributed by atoms with Gasteiger partial charge in [0.25, 0.3) is 0 Å². The molecule has 0 aromatic heterocycles. The van der Waals surface area contributed by atoms with E-state index in [0.29, 0.717) is 19.3 Å². The Bertz CT molecular complexity index is 1270. The summed E-state index contributed by atoms with van der Waals surface area (Å²) in [6.07, 6.45) is 71.7. The third-order valence-electron chi connectivity index (χ3n) is 12.5. The Kier molecular flexibility index (Phi) is 53.8. The van der Waals surface area contributed by atoms with Gasteiger partial charge in [0.05, 0.1) is 0 Å². The van der Waals surface area contributed by atoms with Crippen molar-refractivity contribution in [3.63, 3.8) is 0 Å². The van der Waals surface area contributed by atoms with Gasteiger partial charge in [0.2, 0.25) is 0 Å². The predicted molar refractivity (Wildman–Crippen MR) is 293 cm³/mol. The van der Waals surface area contributed by atoms with Crippen LogP contribution in [0, 0.1) is 0 Å². The molecule has 0 N–H and O–H groups in total. The maximum Gasteiger partial charge on any atom is 0.306 e. The Hall–Kier alpha value is -3.15. The number of carbonyl (C=O) groups is 3. The van der Waals surface area contributed by atoms with E-state index in [2.05, 4.69) is 75.5 Å². The van der Waals surface area contributed by atoms with Crippen molar-refractivity contribution in [3.8, 4) is 0 Å². The predicted octanol–water partition coefficient (Wildman–Crippen LogP) is 19.4. The van der Waals surface area contributed by atoms with Crippen molar-refractivity contribution in [2.45, 2.75) is 290 Å². The molecule has 0 heterocycles. The van der Waals surface area contributed by atoms with Gasteiger partial charge < -0.3 is 14.2 Å². The van der Waals surface area contributed by atoms with E-state index in [0.717, 1.165) is 89.9 Å². The standard InChI is InChI=1S/C62H108O6/c1-4-7-10-13-16-19-22-25-28-30-32-34-37-40-43-46-49-52-55-61(64)67-58-59(57-66-60(63)54-51-48-45-42-39-36-33-27-24-21-18-15-12-9-6-3)68-62(65)56-53-50-47-44-41-38-35-31-29-26-23-20-17-14-11-8-5-2/h9,12,15,18,21,24,26-27,29,32-34,59H,4-8,10-11,13-14,16-17,19-20,22-23,25,28,30-31,35-58H2,1-3H3/b12-9-,18-15-,24-21-,29-26-,33-27-,34-32-. The van der Waals surface area contributed by atoms with Crippen LogP contribution in [0.2, 0.25) is 0 Å². The Morgan fingerprint density at radius 2 is 0.588 bits per heavy atom. The molecule has 0 spiro atoms. The van der Waals surface area contributed by atoms with Crippen molar-refractivity contribution in [1.29, 1.82) is 0 Å². The largest absolute Gasteiger partial charge is 0.462 e. The lowest BCUT2D eigenvalue weighted by Gasteiger charge is -2.18. The highest BCUT2D eigenvalue weighted by molar-refractivity contribution is 5.71. The Balaban J connectivity index is 4.42. The Morgan fingerprint density at radius 3 is 0.941 bits per heavy atom. The van der Waals surface area contributed by atoms with Gasteiger partial charge in [-0.2, -0.15) is 0 Å². The van der Waals surface area contributed by atoms with E-state index in [-0.39, 0.29) is 31.1 Å². The number of rotatable bonds is 52. The number of hydrogen-bond donors (Lipinski definition) is 0. The fourth-order valence-corrected chi connectivity index (χ4v) is 8.15. The van der Waals surface area contributed by atoms with Gasteiger partial charge >= 0.3 is 17.9 Å². The summed E-state index contributed by atoms with van der Waals surface area (Å²) in [5, 5.41) is 0. The van der Waals surface area contributed by atoms with Gasteiger partial charge in [-0.1, -0.05) is 248 Å². The molecule has 0 radical (unpaired) electrons. The molecule has 68 heavy (non-hydrogen) atoms. The molecule has 0 aliphatic heterocycles. The minimum absolute atomic E-state index is 0.0886. The maximum atomic E-state index is 12.9. The van der Waals surface area contributed by atoms with Crippen LogP contribution >= 0.6 is 0 Å². The summed E-state index contributed by atoms with van der Waals surface area (Å²) in [6.45, 7) is 6.49. The second kappa shape index (κ2) is 56.4. The molecule has 0 aliphatic rings. The van der Waals surface area contributed by atoms with E-state index in [4.69, 9.17) is 14.2 Å². The van der Waals surface area contributed by atoms with Gasteiger partial charge in [-0.25, -0.2) is 0 Å². The molecule has 1 unspecified atom stereocenters. The van der Waals surface area contributed by atoms with E-state index in [1.54, 1.807) is 0 Å². The molecular formula is C62H108O6. The normalized spacial score (nSPS) is 12.6. The number of hydrogen-bond acceptors (Lipinski definition) is 6. The molecule has 0 amide bonds. The average molecular weight is 950 g/mol. The van der Waals surface area contributed by atoms with Crippen molar-refractivity contribution < 1.29 is 28.6 Å². The second-order valence-corrected chi connectivity index (χ2v) is 19.3. The monoisotopic (exact) mass is 949 g/mol. The molecule has 0 aliphatic carbocycles. The van der Waals surface area contributed by atoms with Crippen molar-refractivity contribution in [3.05, 3.63) is 72.9 Å². The second-order valence-electron chi connectivity index (χ2n) is 19.3. The summed E-state index contributed by atoms with van der Waals surface area (Å²) in [5.41, 5.74) is 0. The third-order valence-corrected chi connectivity index (χ3v) is 12.5. The molecule has 0 aromatic carbocycles. The topological polar surface area (TPSA) is 78.9 Å². The van der Waals surface area contributed by atoms with Crippen LogP contribution in [0.5, 0.6) is 0 Å². The van der Waals surface area contributed by atoms with Crippen LogP contribution in [0.1, 0.15) is 284 Å². The molecule has 0 bridgehead atoms. The lowest BCUT2D eigenvalue weighted by Crippen LogP contribution is -2.30. The number of ether oxygens (including phenoxy) is 3. The van der Waals surface area contributed by atoms with E-state index in [9.17, 15) is 14.4 Å². The van der Waals surface area contributed by atoms with Crippen LogP contribution < -0.4 is 0 Å². The van der Waals surface area contributed by atoms with Gasteiger partial charge in [-0.05, 0) is 89.9 Å². The van der Waals surface area contributed by atoms with E-state index in [1.165, 1.54) is 154 Å². The van der Waals surface area contributed by atoms with Gasteiger partial charge in [-0.15, -0.1) is 0 Å². The summed E-state index contributed by atoms with van der Waals surface area (Å²) in [7, 11) is 0. The highest BCUT2D eigenvalue weighted by Crippen LogP contribution is 2.15. The number of carbonyl (C=O) groups excluding carboxylic acids is 3. The highest BCUT2D eigenvalue weighted by Gasteiger charge is 2.19. The molecule has 0 aromatic rings. The molecule has 392 valence electrons. The van der Waals surface area contributed by atoms with Gasteiger partial charge in [0, 0.05) is 19.3 Å². The van der Waals surface area contributed by atoms with Gasteiger partial charge in [0.15, 0.2) is 6.10 Å². The summed E-state index contributed by atoms with van der Waals surface area (Å²) < 4.78 is 16.9. The zero-order chi connectivity index (χ0) is 49.3. The van der Waals surface area contributed by atoms with Crippen LogP contribution in [0.4, 0.5) is 0 Å². The lowest BCUT2D eigenvalue weighted by molar-refractivity contribution is -0.167. The van der Waals surface area contributed by atoms with Gasteiger partial charge in [-0.3, -0.25) is 14.4 Å². The fourth-order valence-electron chi connectivity index (χ4n) is 8.15. The number of unbranched alkanes of at least 4 members (excludes halogenated alkanes) is 32. The molecular weight excluding hydrogens is 841 g/mol. The zero-order valence-electron chi connectivity index (χ0n) is 44.9. The SMILES string of the molecule is CC\C=C/C=C\C=C/C=C\CCCCCCCC(=O)OCC(COC(=O)CCCCCCC/C=C\CCCCCCCCCCC)OC(=O)CCCCCCCCC/C=C\CCCCCCCC. The smallest absolute Gasteiger partial charge is 0.306 e. The summed E-state index contributed by atoms with van der Waals surface area (Å²) in [4.78, 5) is 38.2. The summed E-state index contributed by atoms with van der Waals surface area (Å²) in [5.74, 6) is -0.916. The Labute approximate surface area is 421 Å². The minimum Gasteiger partial charge on any atom is -0.462 e. The summed E-state index contributed by atoms with van der Waals surface area (Å²) >= 11 is 0. The third kappa shape index (κ3) is 53.8. The van der Waals surface area contributed by atoms with Crippen LogP contribution in [0.15, 0.2) is 72.9 Å². The van der Waals surface area contributed by atoms with Crippen molar-refractivity contribution in [2.24, 2.45) is 0 Å². The van der Waals surface area contributed by atoms with E-state index < -0.39 is 6.10 Å². The van der Waals surface area contributed by atoms with Crippen LogP contribution in [0.3, 0.4) is 0 Å². The quantitative estimate of drug-likeness (QED) is 0.0199. The van der Waals surface area contributed by atoms with Crippen molar-refractivity contribution in [1.82, 2.24) is 0 Å². The van der Waals surface area contributed by atoms with Crippen molar-refractivity contribution in [2.75, 3.05) is 13.2 Å². The molecule has 0 rings (SSSR count). The molecule has 6 heteroatoms. The first-order valence-electron chi connectivity index (χ1n) is 29.0. The first-order chi connectivity index (χ1) is 33.5. The van der Waals surface area contributed by atoms with Gasteiger partial charge in [0.1, 0.15) is 13.2 Å². The summed E-state index contributed by atoms with van der Waals surface area (Å²) in [6, 6.07) is 0. The average Bonchev–Trinajstić information content (AvgIpc) is 3.34. The first kappa shape index (κ1) is 64.8. The lowest BCUT2D eigenvalue weighted by atomic mass is 10.1. The Morgan fingerprint density at radius 1 is 0.309 bits per heavy atom. The van der Waals surface area contributed by atoms with E-state index >= 15 is 0 Å². The number of esters is 3. The maximum absolute atomic E-state index is 12.9. The van der Waals surface area contributed by atoms with Crippen LogP contribution in [0.25, 0.3) is 0 Å². The first-order valence-corrected chi connectivity index (χ1v) is 29.0. The highest BCUT2D eigenvalue weighted by atomic mass is 16.6. The number of allylic oxidation sites excluding steroid dienone is 12. The van der Waals surface area contributed by atoms with Crippen LogP contribution in [-0.2, 0) is 28.6 Å². The molecule has 0 saturated carbocycles. The van der Waals surface area contributed by atoms with Crippen molar-refractivity contribution >= 4 is 17.9 Å². The zero-order valence-corrected chi connectivity index (χ0v) is 44.9. The minimum atomic E-state index is -0.791. The molecule has 1 atom stereocenters. The molecule has 0 saturated heterocycles. The van der Waals surface area contributed by atoms with Crippen LogP contribution in [-0.4, -0.2) is 37.2 Å². The fraction of sp³-hybridized carbons (Fsp3) is 0.758. The molecule has 0 fully saturated rings.